The monoisotopic (exact) mass is 337 g/mol. The van der Waals surface area contributed by atoms with Crippen LogP contribution >= 0.6 is 11.3 Å². The predicted octanol–water partition coefficient (Wildman–Crippen LogP) is -0.130. The number of anilines is 1. The van der Waals surface area contributed by atoms with E-state index in [9.17, 15) is 19.2 Å². The van der Waals surface area contributed by atoms with Gasteiger partial charge >= 0.3 is 11.7 Å². The smallest absolute Gasteiger partial charge is 0.332 e. The molecule has 0 fully saturated rings. The van der Waals surface area contributed by atoms with Gasteiger partial charge in [0.05, 0.1) is 6.42 Å². The van der Waals surface area contributed by atoms with Crippen molar-refractivity contribution in [2.24, 2.45) is 14.1 Å². The molecule has 2 aromatic rings. The normalized spacial score (nSPS) is 10.3. The largest absolute Gasteiger partial charge is 0.455 e. The van der Waals surface area contributed by atoms with E-state index in [4.69, 9.17) is 4.74 Å². The van der Waals surface area contributed by atoms with E-state index in [0.29, 0.717) is 0 Å². The summed E-state index contributed by atoms with van der Waals surface area (Å²) >= 11 is 1.42. The van der Waals surface area contributed by atoms with Crippen LogP contribution in [0.15, 0.2) is 33.2 Å². The molecule has 0 saturated carbocycles. The van der Waals surface area contributed by atoms with Gasteiger partial charge in [-0.25, -0.2) is 4.79 Å². The van der Waals surface area contributed by atoms with E-state index in [-0.39, 0.29) is 12.2 Å². The van der Waals surface area contributed by atoms with Crippen molar-refractivity contribution in [3.63, 3.8) is 0 Å². The highest BCUT2D eigenvalue weighted by Crippen LogP contribution is 2.09. The van der Waals surface area contributed by atoms with Crippen LogP contribution in [0.5, 0.6) is 0 Å². The van der Waals surface area contributed by atoms with Crippen LogP contribution < -0.4 is 16.6 Å². The van der Waals surface area contributed by atoms with Gasteiger partial charge < -0.3 is 10.1 Å². The fourth-order valence-electron chi connectivity index (χ4n) is 1.78. The number of rotatable bonds is 5. The van der Waals surface area contributed by atoms with E-state index >= 15 is 0 Å². The molecule has 1 N–H and O–H groups in total. The fraction of sp³-hybridized carbons (Fsp3) is 0.286. The second-order valence-corrected chi connectivity index (χ2v) is 5.77. The van der Waals surface area contributed by atoms with Crippen LogP contribution in [0.4, 0.5) is 5.82 Å². The van der Waals surface area contributed by atoms with Crippen molar-refractivity contribution in [1.82, 2.24) is 9.13 Å². The molecule has 2 aromatic heterocycles. The number of nitrogens with one attached hydrogen (secondary N) is 1. The first-order valence-electron chi connectivity index (χ1n) is 6.63. The summed E-state index contributed by atoms with van der Waals surface area (Å²) < 4.78 is 6.89. The van der Waals surface area contributed by atoms with Crippen LogP contribution in [0, 0.1) is 0 Å². The number of amides is 1. The second kappa shape index (κ2) is 7.05. The fourth-order valence-corrected chi connectivity index (χ4v) is 2.47. The maximum atomic E-state index is 11.8. The standard InChI is InChI=1S/C14H15N3O5S/c1-16-10(7-12(19)17(2)14(16)21)15-11(18)8-22-13(20)6-9-4-3-5-23-9/h3-5,7H,6,8H2,1-2H3,(H,15,18). The van der Waals surface area contributed by atoms with Gasteiger partial charge in [-0.3, -0.25) is 23.5 Å². The first-order valence-corrected chi connectivity index (χ1v) is 7.51. The first-order chi connectivity index (χ1) is 10.9. The second-order valence-electron chi connectivity index (χ2n) is 4.73. The maximum absolute atomic E-state index is 11.8. The average Bonchev–Trinajstić information content (AvgIpc) is 3.01. The zero-order valence-electron chi connectivity index (χ0n) is 12.6. The van der Waals surface area contributed by atoms with E-state index in [1.807, 2.05) is 11.4 Å². The summed E-state index contributed by atoms with van der Waals surface area (Å²) in [6, 6.07) is 4.73. The van der Waals surface area contributed by atoms with Crippen molar-refractivity contribution in [3.05, 3.63) is 49.3 Å². The summed E-state index contributed by atoms with van der Waals surface area (Å²) in [4.78, 5) is 47.5. The SMILES string of the molecule is Cn1c(NC(=O)COC(=O)Cc2cccs2)cc(=O)n(C)c1=O. The van der Waals surface area contributed by atoms with Gasteiger partial charge in [0, 0.05) is 25.0 Å². The van der Waals surface area contributed by atoms with Crippen molar-refractivity contribution in [2.75, 3.05) is 11.9 Å². The van der Waals surface area contributed by atoms with Crippen LogP contribution in [0.3, 0.4) is 0 Å². The molecule has 0 atom stereocenters. The number of aromatic nitrogens is 2. The van der Waals surface area contributed by atoms with Crippen molar-refractivity contribution < 1.29 is 14.3 Å². The van der Waals surface area contributed by atoms with Crippen molar-refractivity contribution in [1.29, 1.82) is 0 Å². The maximum Gasteiger partial charge on any atom is 0.332 e. The molecule has 0 unspecified atom stereocenters. The molecule has 0 saturated heterocycles. The van der Waals surface area contributed by atoms with E-state index in [1.54, 1.807) is 6.07 Å². The Morgan fingerprint density at radius 1 is 1.26 bits per heavy atom. The molecule has 23 heavy (non-hydrogen) atoms. The Hall–Kier alpha value is -2.68. The quantitative estimate of drug-likeness (QED) is 0.766. The summed E-state index contributed by atoms with van der Waals surface area (Å²) in [7, 11) is 2.75. The Balaban J connectivity index is 1.94. The summed E-state index contributed by atoms with van der Waals surface area (Å²) in [6.07, 6.45) is 0.0926. The highest BCUT2D eigenvalue weighted by molar-refractivity contribution is 7.10. The number of thiophene rings is 1. The average molecular weight is 337 g/mol. The molecule has 0 aliphatic carbocycles. The van der Waals surface area contributed by atoms with Crippen LogP contribution in [-0.4, -0.2) is 27.6 Å². The molecule has 8 nitrogen and oxygen atoms in total. The Morgan fingerprint density at radius 3 is 2.65 bits per heavy atom. The van der Waals surface area contributed by atoms with Crippen LogP contribution in [0.25, 0.3) is 0 Å². The molecular formula is C14H15N3O5S. The van der Waals surface area contributed by atoms with Crippen molar-refractivity contribution in [2.45, 2.75) is 6.42 Å². The lowest BCUT2D eigenvalue weighted by Gasteiger charge is -2.10. The van der Waals surface area contributed by atoms with E-state index in [0.717, 1.165) is 20.1 Å². The number of hydrogen-bond donors (Lipinski definition) is 1. The number of ether oxygens (including phenoxy) is 1. The minimum Gasteiger partial charge on any atom is -0.455 e. The predicted molar refractivity (Wildman–Crippen MR) is 84.5 cm³/mol. The minimum absolute atomic E-state index is 0.0393. The van der Waals surface area contributed by atoms with Gasteiger partial charge in [-0.05, 0) is 11.4 Å². The zero-order valence-corrected chi connectivity index (χ0v) is 13.4. The highest BCUT2D eigenvalue weighted by atomic mass is 32.1. The molecule has 0 bridgehead atoms. The highest BCUT2D eigenvalue weighted by Gasteiger charge is 2.12. The van der Waals surface area contributed by atoms with Gasteiger partial charge in [-0.1, -0.05) is 6.07 Å². The van der Waals surface area contributed by atoms with Gasteiger partial charge in [0.25, 0.3) is 11.5 Å². The lowest BCUT2D eigenvalue weighted by molar-refractivity contribution is -0.146. The summed E-state index contributed by atoms with van der Waals surface area (Å²) in [5.41, 5.74) is -1.11. The first kappa shape index (κ1) is 16.7. The summed E-state index contributed by atoms with van der Waals surface area (Å²) in [5.74, 6) is -1.12. The summed E-state index contributed by atoms with van der Waals surface area (Å²) in [5, 5.41) is 4.21. The third-order valence-corrected chi connectivity index (χ3v) is 3.93. The number of hydrogen-bond acceptors (Lipinski definition) is 6. The Labute approximate surface area is 134 Å². The molecule has 0 aromatic carbocycles. The topological polar surface area (TPSA) is 99.4 Å². The Bertz CT molecular complexity index is 835. The molecule has 0 aliphatic heterocycles. The lowest BCUT2D eigenvalue weighted by atomic mass is 10.3. The van der Waals surface area contributed by atoms with Gasteiger partial charge in [0.1, 0.15) is 5.82 Å². The number of carbonyl (C=O) groups is 2. The van der Waals surface area contributed by atoms with Gasteiger partial charge in [0.15, 0.2) is 6.61 Å². The van der Waals surface area contributed by atoms with Crippen LogP contribution in [-0.2, 0) is 34.8 Å². The third-order valence-electron chi connectivity index (χ3n) is 3.06. The van der Waals surface area contributed by atoms with E-state index in [2.05, 4.69) is 5.32 Å². The number of carbonyl (C=O) groups excluding carboxylic acids is 2. The van der Waals surface area contributed by atoms with Crippen molar-refractivity contribution in [3.8, 4) is 0 Å². The zero-order chi connectivity index (χ0) is 17.0. The van der Waals surface area contributed by atoms with E-state index in [1.165, 1.54) is 25.4 Å². The molecule has 0 spiro atoms. The van der Waals surface area contributed by atoms with Crippen LogP contribution in [0.2, 0.25) is 0 Å². The number of esters is 1. The number of nitrogens with zero attached hydrogens (tertiary/aromatic N) is 2. The third kappa shape index (κ3) is 4.16. The molecule has 1 amide bonds. The molecule has 0 aliphatic rings. The molecule has 9 heteroatoms. The van der Waals surface area contributed by atoms with Gasteiger partial charge in [0.2, 0.25) is 0 Å². The van der Waals surface area contributed by atoms with Gasteiger partial charge in [-0.2, -0.15) is 0 Å². The molecule has 2 rings (SSSR count). The van der Waals surface area contributed by atoms with Crippen molar-refractivity contribution >= 4 is 29.0 Å². The molecule has 122 valence electrons. The molecular weight excluding hydrogens is 322 g/mol. The molecule has 2 heterocycles. The lowest BCUT2D eigenvalue weighted by Crippen LogP contribution is -2.38. The summed E-state index contributed by atoms with van der Waals surface area (Å²) in [6.45, 7) is -0.492. The minimum atomic E-state index is -0.632. The van der Waals surface area contributed by atoms with E-state index < -0.39 is 29.7 Å². The Morgan fingerprint density at radius 2 is 2.00 bits per heavy atom. The van der Waals surface area contributed by atoms with Gasteiger partial charge in [-0.15, -0.1) is 11.3 Å². The molecule has 0 radical (unpaired) electrons. The Kier molecular flexibility index (Phi) is 5.12. The van der Waals surface area contributed by atoms with Crippen LogP contribution in [0.1, 0.15) is 4.88 Å².